The molecule has 6 nitrogen and oxygen atoms in total. The second-order valence-electron chi connectivity index (χ2n) is 5.24. The molecule has 2 aromatic rings. The molecular formula is C15H13F3N4O2. The van der Waals surface area contributed by atoms with Crippen LogP contribution in [-0.2, 0) is 6.18 Å². The second-order valence-corrected chi connectivity index (χ2v) is 5.24. The van der Waals surface area contributed by atoms with Crippen molar-refractivity contribution in [1.29, 1.82) is 0 Å². The van der Waals surface area contributed by atoms with Gasteiger partial charge < -0.3 is 9.64 Å². The molecule has 126 valence electrons. The Morgan fingerprint density at radius 2 is 1.96 bits per heavy atom. The molecule has 1 unspecified atom stereocenters. The average molecular weight is 338 g/mol. The van der Waals surface area contributed by atoms with E-state index in [-0.39, 0.29) is 23.6 Å². The van der Waals surface area contributed by atoms with E-state index in [0.29, 0.717) is 19.5 Å². The number of amides is 1. The maximum absolute atomic E-state index is 12.5. The molecule has 0 radical (unpaired) electrons. The van der Waals surface area contributed by atoms with Crippen molar-refractivity contribution in [1.82, 2.24) is 19.9 Å². The van der Waals surface area contributed by atoms with Gasteiger partial charge in [0.2, 0.25) is 0 Å². The maximum Gasteiger partial charge on any atom is 0.433 e. The van der Waals surface area contributed by atoms with Gasteiger partial charge in [-0.15, -0.1) is 0 Å². The van der Waals surface area contributed by atoms with Gasteiger partial charge in [0, 0.05) is 31.6 Å². The van der Waals surface area contributed by atoms with Crippen LogP contribution in [0.5, 0.6) is 6.01 Å². The van der Waals surface area contributed by atoms with Crippen LogP contribution in [0.25, 0.3) is 0 Å². The second kappa shape index (κ2) is 6.42. The van der Waals surface area contributed by atoms with Crippen molar-refractivity contribution < 1.29 is 22.7 Å². The minimum atomic E-state index is -4.52. The first-order chi connectivity index (χ1) is 11.4. The van der Waals surface area contributed by atoms with Crippen LogP contribution in [0.3, 0.4) is 0 Å². The number of carbonyl (C=O) groups excluding carboxylic acids is 1. The van der Waals surface area contributed by atoms with Crippen LogP contribution >= 0.6 is 0 Å². The van der Waals surface area contributed by atoms with Crippen molar-refractivity contribution in [3.05, 3.63) is 48.0 Å². The van der Waals surface area contributed by atoms with Gasteiger partial charge in [0.1, 0.15) is 11.8 Å². The molecule has 0 bridgehead atoms. The van der Waals surface area contributed by atoms with Gasteiger partial charge >= 0.3 is 12.2 Å². The van der Waals surface area contributed by atoms with E-state index in [4.69, 9.17) is 4.74 Å². The van der Waals surface area contributed by atoms with Crippen LogP contribution in [0.1, 0.15) is 22.5 Å². The van der Waals surface area contributed by atoms with Gasteiger partial charge in [-0.2, -0.15) is 13.2 Å². The van der Waals surface area contributed by atoms with Crippen LogP contribution in [0, 0.1) is 0 Å². The third-order valence-corrected chi connectivity index (χ3v) is 3.55. The Morgan fingerprint density at radius 3 is 2.58 bits per heavy atom. The average Bonchev–Trinajstić information content (AvgIpc) is 3.03. The number of pyridine rings is 1. The minimum absolute atomic E-state index is 0.111. The Kier molecular flexibility index (Phi) is 4.32. The van der Waals surface area contributed by atoms with Crippen molar-refractivity contribution in [3.8, 4) is 6.01 Å². The molecule has 9 heteroatoms. The van der Waals surface area contributed by atoms with Crippen LogP contribution in [0.4, 0.5) is 13.2 Å². The van der Waals surface area contributed by atoms with Crippen molar-refractivity contribution in [2.75, 3.05) is 13.1 Å². The minimum Gasteiger partial charge on any atom is -0.458 e. The first-order valence-corrected chi connectivity index (χ1v) is 7.19. The van der Waals surface area contributed by atoms with Crippen LogP contribution < -0.4 is 4.74 Å². The fourth-order valence-electron chi connectivity index (χ4n) is 2.37. The summed E-state index contributed by atoms with van der Waals surface area (Å²) in [6.07, 6.45) is -0.136. The summed E-state index contributed by atoms with van der Waals surface area (Å²) in [5.41, 5.74) is -0.914. The van der Waals surface area contributed by atoms with E-state index in [9.17, 15) is 18.0 Å². The summed E-state index contributed by atoms with van der Waals surface area (Å²) in [6, 6.07) is 3.82. The predicted molar refractivity (Wildman–Crippen MR) is 76.2 cm³/mol. The zero-order chi connectivity index (χ0) is 17.2. The molecule has 0 saturated carbocycles. The lowest BCUT2D eigenvalue weighted by Gasteiger charge is -2.16. The normalized spacial score (nSPS) is 17.8. The van der Waals surface area contributed by atoms with E-state index in [2.05, 4.69) is 15.0 Å². The predicted octanol–water partition coefficient (Wildman–Crippen LogP) is 2.18. The Hall–Kier alpha value is -2.71. The van der Waals surface area contributed by atoms with Crippen molar-refractivity contribution in [2.24, 2.45) is 0 Å². The Morgan fingerprint density at radius 1 is 1.21 bits per heavy atom. The first kappa shape index (κ1) is 16.2. The highest BCUT2D eigenvalue weighted by atomic mass is 19.4. The smallest absolute Gasteiger partial charge is 0.433 e. The number of carbonyl (C=O) groups is 1. The van der Waals surface area contributed by atoms with E-state index < -0.39 is 11.9 Å². The summed E-state index contributed by atoms with van der Waals surface area (Å²) in [6.45, 7) is 0.759. The number of halogens is 3. The first-order valence-electron chi connectivity index (χ1n) is 7.19. The summed E-state index contributed by atoms with van der Waals surface area (Å²) in [7, 11) is 0. The molecule has 1 fully saturated rings. The van der Waals surface area contributed by atoms with Gasteiger partial charge in [0.05, 0.1) is 12.1 Å². The molecule has 1 amide bonds. The van der Waals surface area contributed by atoms with Crippen molar-refractivity contribution >= 4 is 5.91 Å². The molecule has 0 N–H and O–H groups in total. The van der Waals surface area contributed by atoms with E-state index in [1.807, 2.05) is 0 Å². The number of rotatable bonds is 3. The molecule has 1 atom stereocenters. The standard InChI is InChI=1S/C15H13F3N4O2/c16-15(17,18)12-3-2-10(8-21-12)13(23)22-7-4-11(9-22)24-14-19-5-1-6-20-14/h1-3,5-6,8,11H,4,7,9H2. The molecule has 24 heavy (non-hydrogen) atoms. The molecule has 3 heterocycles. The summed E-state index contributed by atoms with van der Waals surface area (Å²) >= 11 is 0. The fourth-order valence-corrected chi connectivity index (χ4v) is 2.37. The molecule has 1 aliphatic rings. The molecule has 1 aliphatic heterocycles. The third-order valence-electron chi connectivity index (χ3n) is 3.55. The lowest BCUT2D eigenvalue weighted by Crippen LogP contribution is -2.31. The lowest BCUT2D eigenvalue weighted by molar-refractivity contribution is -0.141. The van der Waals surface area contributed by atoms with Gasteiger partial charge in [-0.3, -0.25) is 9.78 Å². The number of alkyl halides is 3. The molecule has 2 aromatic heterocycles. The molecular weight excluding hydrogens is 325 g/mol. The molecule has 3 rings (SSSR count). The molecule has 0 aliphatic carbocycles. The summed E-state index contributed by atoms with van der Waals surface area (Å²) in [5, 5.41) is 0. The zero-order valence-corrected chi connectivity index (χ0v) is 12.4. The van der Waals surface area contributed by atoms with Gasteiger partial charge in [-0.1, -0.05) is 0 Å². The molecule has 0 spiro atoms. The van der Waals surface area contributed by atoms with E-state index in [1.54, 1.807) is 18.5 Å². The SMILES string of the molecule is O=C(c1ccc(C(F)(F)F)nc1)N1CCC(Oc2ncccn2)C1. The van der Waals surface area contributed by atoms with Gasteiger partial charge in [0.25, 0.3) is 5.91 Å². The Bertz CT molecular complexity index is 707. The van der Waals surface area contributed by atoms with Crippen molar-refractivity contribution in [3.63, 3.8) is 0 Å². The number of nitrogens with zero attached hydrogens (tertiary/aromatic N) is 4. The van der Waals surface area contributed by atoms with Gasteiger partial charge in [-0.05, 0) is 18.2 Å². The molecule has 1 saturated heterocycles. The maximum atomic E-state index is 12.5. The van der Waals surface area contributed by atoms with E-state index >= 15 is 0 Å². The number of hydrogen-bond acceptors (Lipinski definition) is 5. The van der Waals surface area contributed by atoms with Gasteiger partial charge in [0.15, 0.2) is 0 Å². The number of likely N-dealkylation sites (tertiary alicyclic amines) is 1. The summed E-state index contributed by atoms with van der Waals surface area (Å²) in [4.78, 5) is 25.0. The highest BCUT2D eigenvalue weighted by molar-refractivity contribution is 5.94. The van der Waals surface area contributed by atoms with Crippen LogP contribution in [0.15, 0.2) is 36.8 Å². The highest BCUT2D eigenvalue weighted by Crippen LogP contribution is 2.27. The summed E-state index contributed by atoms with van der Waals surface area (Å²) < 4.78 is 43.1. The highest BCUT2D eigenvalue weighted by Gasteiger charge is 2.33. The lowest BCUT2D eigenvalue weighted by atomic mass is 10.2. The fraction of sp³-hybridized carbons (Fsp3) is 0.333. The largest absolute Gasteiger partial charge is 0.458 e. The van der Waals surface area contributed by atoms with Crippen LogP contribution in [-0.4, -0.2) is 45.0 Å². The topological polar surface area (TPSA) is 68.2 Å². The Balaban J connectivity index is 1.62. The number of hydrogen-bond donors (Lipinski definition) is 0. The van der Waals surface area contributed by atoms with E-state index in [1.165, 1.54) is 4.90 Å². The third kappa shape index (κ3) is 3.61. The summed E-state index contributed by atoms with van der Waals surface area (Å²) in [5.74, 6) is -0.378. The van der Waals surface area contributed by atoms with E-state index in [0.717, 1.165) is 18.3 Å². The number of ether oxygens (including phenoxy) is 1. The molecule has 0 aromatic carbocycles. The monoisotopic (exact) mass is 338 g/mol. The quantitative estimate of drug-likeness (QED) is 0.858. The zero-order valence-electron chi connectivity index (χ0n) is 12.4. The van der Waals surface area contributed by atoms with Crippen molar-refractivity contribution in [2.45, 2.75) is 18.7 Å². The van der Waals surface area contributed by atoms with Crippen LogP contribution in [0.2, 0.25) is 0 Å². The Labute approximate surface area is 135 Å². The van der Waals surface area contributed by atoms with Gasteiger partial charge in [-0.25, -0.2) is 9.97 Å². The number of aromatic nitrogens is 3.